The Kier molecular flexibility index (Phi) is 8.40. The maximum atomic E-state index is 13.1. The molecule has 0 radical (unpaired) electrons. The number of halogens is 3. The van der Waals surface area contributed by atoms with Gasteiger partial charge in [-0.05, 0) is 78.2 Å². The Morgan fingerprint density at radius 1 is 0.757 bits per heavy atom. The van der Waals surface area contributed by atoms with Gasteiger partial charge in [-0.1, -0.05) is 54.2 Å². The van der Waals surface area contributed by atoms with E-state index in [2.05, 4.69) is 0 Å². The fourth-order valence-corrected chi connectivity index (χ4v) is 4.62. The predicted octanol–water partition coefficient (Wildman–Crippen LogP) is 7.64. The van der Waals surface area contributed by atoms with Gasteiger partial charge in [-0.25, -0.2) is 4.99 Å². The number of hydrogen-bond acceptors (Lipinski definition) is 4. The van der Waals surface area contributed by atoms with Crippen molar-refractivity contribution in [2.45, 2.75) is 24.0 Å². The van der Waals surface area contributed by atoms with Gasteiger partial charge in [0.2, 0.25) is 0 Å². The van der Waals surface area contributed by atoms with E-state index in [4.69, 9.17) is 4.99 Å². The van der Waals surface area contributed by atoms with Gasteiger partial charge >= 0.3 is 6.18 Å². The van der Waals surface area contributed by atoms with Gasteiger partial charge in [-0.2, -0.15) is 13.2 Å². The van der Waals surface area contributed by atoms with Crippen LogP contribution >= 0.6 is 11.8 Å². The number of phenols is 2. The van der Waals surface area contributed by atoms with E-state index in [1.54, 1.807) is 36.4 Å². The molecule has 0 saturated heterocycles. The Labute approximate surface area is 217 Å². The Hall–Kier alpha value is -3.91. The minimum Gasteiger partial charge on any atom is -0.508 e. The Morgan fingerprint density at radius 3 is 2.00 bits per heavy atom. The second-order valence-corrected chi connectivity index (χ2v) is 9.41. The first-order valence-electron chi connectivity index (χ1n) is 11.6. The average molecular weight is 523 g/mol. The first-order chi connectivity index (χ1) is 17.8. The normalized spacial score (nSPS) is 11.9. The summed E-state index contributed by atoms with van der Waals surface area (Å²) in [6.45, 7) is 0.922. The summed E-state index contributed by atoms with van der Waals surface area (Å²) in [6, 6.07) is 28.3. The summed E-state index contributed by atoms with van der Waals surface area (Å²) in [5.74, 6) is 0.316. The van der Waals surface area contributed by atoms with E-state index >= 15 is 0 Å². The second-order valence-electron chi connectivity index (χ2n) is 8.37. The van der Waals surface area contributed by atoms with Crippen molar-refractivity contribution in [3.63, 3.8) is 0 Å². The zero-order valence-corrected chi connectivity index (χ0v) is 20.6. The van der Waals surface area contributed by atoms with Crippen molar-refractivity contribution >= 4 is 22.6 Å². The molecule has 0 saturated carbocycles. The number of amidine groups is 1. The van der Waals surface area contributed by atoms with Crippen LogP contribution in [0.15, 0.2) is 113 Å². The molecule has 0 fully saturated rings. The van der Waals surface area contributed by atoms with Crippen LogP contribution in [0.4, 0.5) is 18.9 Å². The molecule has 8 heteroatoms. The minimum atomic E-state index is -4.42. The second kappa shape index (κ2) is 11.9. The smallest absolute Gasteiger partial charge is 0.416 e. The van der Waals surface area contributed by atoms with Crippen molar-refractivity contribution in [1.29, 1.82) is 0 Å². The van der Waals surface area contributed by atoms with Crippen molar-refractivity contribution in [3.8, 4) is 11.5 Å². The summed E-state index contributed by atoms with van der Waals surface area (Å²) < 4.78 is 39.2. The molecule has 2 N–H and O–H groups in total. The maximum absolute atomic E-state index is 13.1. The van der Waals surface area contributed by atoms with Crippen LogP contribution in [0.3, 0.4) is 0 Å². The van der Waals surface area contributed by atoms with Crippen molar-refractivity contribution in [1.82, 2.24) is 4.90 Å². The van der Waals surface area contributed by atoms with Crippen LogP contribution in [0.1, 0.15) is 16.7 Å². The van der Waals surface area contributed by atoms with Gasteiger partial charge in [0.1, 0.15) is 11.5 Å². The molecule has 4 aromatic rings. The Morgan fingerprint density at radius 2 is 1.38 bits per heavy atom. The van der Waals surface area contributed by atoms with Crippen molar-refractivity contribution in [3.05, 3.63) is 120 Å². The number of phenolic OH excluding ortho intramolecular Hbond substituents is 2. The predicted molar refractivity (Wildman–Crippen MR) is 141 cm³/mol. The lowest BCUT2D eigenvalue weighted by molar-refractivity contribution is -0.137. The maximum Gasteiger partial charge on any atom is 0.416 e. The molecule has 37 heavy (non-hydrogen) atoms. The number of aliphatic imine (C=N–C) groups is 1. The van der Waals surface area contributed by atoms with E-state index < -0.39 is 11.7 Å². The van der Waals surface area contributed by atoms with Gasteiger partial charge in [0.05, 0.1) is 11.3 Å². The van der Waals surface area contributed by atoms with E-state index in [1.807, 2.05) is 47.4 Å². The van der Waals surface area contributed by atoms with Crippen molar-refractivity contribution in [2.75, 3.05) is 6.54 Å². The lowest BCUT2D eigenvalue weighted by Crippen LogP contribution is -2.30. The number of benzene rings is 4. The number of rotatable bonds is 7. The fraction of sp³-hybridized carbons (Fsp3) is 0.138. The van der Waals surface area contributed by atoms with Gasteiger partial charge in [-0.15, -0.1) is 0 Å². The molecule has 0 aliphatic heterocycles. The highest BCUT2D eigenvalue weighted by Gasteiger charge is 2.30. The molecule has 0 heterocycles. The monoisotopic (exact) mass is 522 g/mol. The molecule has 190 valence electrons. The summed E-state index contributed by atoms with van der Waals surface area (Å²) in [5, 5.41) is 20.5. The van der Waals surface area contributed by atoms with Gasteiger partial charge in [0.15, 0.2) is 5.17 Å². The molecular weight excluding hydrogens is 497 g/mol. The molecule has 0 aromatic heterocycles. The summed E-state index contributed by atoms with van der Waals surface area (Å²) in [6.07, 6.45) is -3.83. The average Bonchev–Trinajstić information content (AvgIpc) is 2.87. The molecule has 0 atom stereocenters. The highest BCUT2D eigenvalue weighted by molar-refractivity contribution is 8.13. The van der Waals surface area contributed by atoms with Crippen LogP contribution in [0, 0.1) is 0 Å². The number of nitrogens with zero attached hydrogens (tertiary/aromatic N) is 2. The summed E-state index contributed by atoms with van der Waals surface area (Å²) >= 11 is 1.40. The third-order valence-electron chi connectivity index (χ3n) is 5.51. The van der Waals surface area contributed by atoms with Crippen molar-refractivity contribution in [2.24, 2.45) is 4.99 Å². The summed E-state index contributed by atoms with van der Waals surface area (Å²) in [4.78, 5) is 7.70. The molecule has 4 nitrogen and oxygen atoms in total. The van der Waals surface area contributed by atoms with Crippen LogP contribution in [0.5, 0.6) is 11.5 Å². The first-order valence-corrected chi connectivity index (χ1v) is 12.4. The highest BCUT2D eigenvalue weighted by atomic mass is 32.2. The SMILES string of the molecule is Oc1cccc(CCN(Cc2cccc(O)c2)C(=Nc2ccc(C(F)(F)F)cc2)Sc2ccccc2)c1. The van der Waals surface area contributed by atoms with Crippen LogP contribution in [0.25, 0.3) is 0 Å². The molecule has 4 rings (SSSR count). The van der Waals surface area contributed by atoms with Gasteiger partial charge in [-0.3, -0.25) is 0 Å². The first kappa shape index (κ1) is 26.2. The van der Waals surface area contributed by atoms with E-state index in [0.717, 1.165) is 28.2 Å². The quantitative estimate of drug-likeness (QED) is 0.149. The molecule has 4 aromatic carbocycles. The standard InChI is InChI=1S/C29H25F3N2O2S/c30-29(31,32)23-12-14-24(15-13-23)33-28(37-27-10-2-1-3-11-27)34(20-22-7-5-9-26(36)19-22)17-16-21-6-4-8-25(35)18-21/h1-15,18-19,35-36H,16-17,20H2. The lowest BCUT2D eigenvalue weighted by atomic mass is 10.1. The number of hydrogen-bond donors (Lipinski definition) is 2. The summed E-state index contributed by atoms with van der Waals surface area (Å²) in [7, 11) is 0. The number of alkyl halides is 3. The molecule has 0 bridgehead atoms. The van der Waals surface area contributed by atoms with E-state index in [1.165, 1.54) is 23.9 Å². The zero-order valence-electron chi connectivity index (χ0n) is 19.8. The highest BCUT2D eigenvalue weighted by Crippen LogP contribution is 2.32. The molecule has 0 spiro atoms. The number of thioether (sulfide) groups is 1. The Bertz CT molecular complexity index is 1340. The fourth-order valence-electron chi connectivity index (χ4n) is 3.68. The van der Waals surface area contributed by atoms with E-state index in [-0.39, 0.29) is 11.5 Å². The molecule has 0 aliphatic carbocycles. The van der Waals surface area contributed by atoms with E-state index in [0.29, 0.717) is 30.4 Å². The van der Waals surface area contributed by atoms with Gasteiger partial charge < -0.3 is 15.1 Å². The summed E-state index contributed by atoms with van der Waals surface area (Å²) in [5.41, 5.74) is 1.44. The van der Waals surface area contributed by atoms with Crippen LogP contribution in [-0.2, 0) is 19.1 Å². The van der Waals surface area contributed by atoms with Crippen LogP contribution in [-0.4, -0.2) is 26.8 Å². The minimum absolute atomic E-state index is 0.141. The van der Waals surface area contributed by atoms with Crippen LogP contribution in [0.2, 0.25) is 0 Å². The molecule has 0 unspecified atom stereocenters. The third-order valence-corrected chi connectivity index (χ3v) is 6.55. The zero-order chi connectivity index (χ0) is 26.3. The van der Waals surface area contributed by atoms with E-state index in [9.17, 15) is 23.4 Å². The largest absolute Gasteiger partial charge is 0.508 e. The third kappa shape index (κ3) is 7.79. The lowest BCUT2D eigenvalue weighted by Gasteiger charge is -2.26. The van der Waals surface area contributed by atoms with Gasteiger partial charge in [0.25, 0.3) is 0 Å². The number of aromatic hydroxyl groups is 2. The Balaban J connectivity index is 1.70. The van der Waals surface area contributed by atoms with Crippen molar-refractivity contribution < 1.29 is 23.4 Å². The van der Waals surface area contributed by atoms with Gasteiger partial charge in [0, 0.05) is 18.0 Å². The topological polar surface area (TPSA) is 56.1 Å². The molecular formula is C29H25F3N2O2S. The van der Waals surface area contributed by atoms with Crippen LogP contribution < -0.4 is 0 Å². The molecule has 0 amide bonds. The molecule has 0 aliphatic rings.